The molecule has 0 spiro atoms. The van der Waals surface area contributed by atoms with E-state index in [9.17, 15) is 9.59 Å². The van der Waals surface area contributed by atoms with Gasteiger partial charge in [-0.3, -0.25) is 9.59 Å². The SMILES string of the molecule is COc1ccc(CC(=O)OCC(=O)Nc2cccc3nsnc23)cc1OC. The van der Waals surface area contributed by atoms with Crippen molar-refractivity contribution in [2.75, 3.05) is 26.1 Å². The third-order valence-corrected chi connectivity index (χ3v) is 4.26. The summed E-state index contributed by atoms with van der Waals surface area (Å²) in [6.45, 7) is -0.389. The van der Waals surface area contributed by atoms with Crippen LogP contribution in [0.1, 0.15) is 5.56 Å². The molecular formula is C18H17N3O5S. The number of nitrogens with one attached hydrogen (secondary N) is 1. The summed E-state index contributed by atoms with van der Waals surface area (Å²) in [5.41, 5.74) is 2.52. The molecule has 0 unspecified atom stereocenters. The maximum atomic E-state index is 12.0. The number of esters is 1. The van der Waals surface area contributed by atoms with Gasteiger partial charge in [0.25, 0.3) is 5.91 Å². The Kier molecular flexibility index (Phi) is 5.82. The minimum Gasteiger partial charge on any atom is -0.493 e. The third-order valence-electron chi connectivity index (χ3n) is 3.72. The van der Waals surface area contributed by atoms with Crippen LogP contribution >= 0.6 is 11.7 Å². The monoisotopic (exact) mass is 387 g/mol. The van der Waals surface area contributed by atoms with E-state index in [1.165, 1.54) is 14.2 Å². The molecule has 0 saturated carbocycles. The van der Waals surface area contributed by atoms with Gasteiger partial charge in [-0.15, -0.1) is 0 Å². The van der Waals surface area contributed by atoms with Crippen LogP contribution in [-0.2, 0) is 20.7 Å². The lowest BCUT2D eigenvalue weighted by atomic mass is 10.1. The summed E-state index contributed by atoms with van der Waals surface area (Å²) in [6.07, 6.45) is 0.0131. The van der Waals surface area contributed by atoms with Crippen LogP contribution in [0.5, 0.6) is 11.5 Å². The number of ether oxygens (including phenoxy) is 3. The van der Waals surface area contributed by atoms with Gasteiger partial charge in [-0.05, 0) is 29.8 Å². The second kappa shape index (κ2) is 8.45. The van der Waals surface area contributed by atoms with Gasteiger partial charge in [0.1, 0.15) is 11.0 Å². The number of nitrogens with zero attached hydrogens (tertiary/aromatic N) is 2. The number of benzene rings is 2. The molecule has 140 valence electrons. The second-order valence-electron chi connectivity index (χ2n) is 5.51. The quantitative estimate of drug-likeness (QED) is 0.622. The molecule has 0 aliphatic rings. The first-order valence-corrected chi connectivity index (χ1v) is 8.71. The van der Waals surface area contributed by atoms with Crippen molar-refractivity contribution < 1.29 is 23.8 Å². The van der Waals surface area contributed by atoms with Gasteiger partial charge >= 0.3 is 5.97 Å². The van der Waals surface area contributed by atoms with Gasteiger partial charge in [-0.2, -0.15) is 8.75 Å². The molecule has 1 N–H and O–H groups in total. The Morgan fingerprint density at radius 2 is 1.89 bits per heavy atom. The zero-order valence-electron chi connectivity index (χ0n) is 14.7. The first kappa shape index (κ1) is 18.6. The smallest absolute Gasteiger partial charge is 0.310 e. The molecule has 0 saturated heterocycles. The Balaban J connectivity index is 1.54. The molecule has 27 heavy (non-hydrogen) atoms. The Bertz CT molecular complexity index is 973. The molecule has 9 heteroatoms. The van der Waals surface area contributed by atoms with E-state index in [-0.39, 0.29) is 13.0 Å². The summed E-state index contributed by atoms with van der Waals surface area (Å²) < 4.78 is 23.6. The summed E-state index contributed by atoms with van der Waals surface area (Å²) in [7, 11) is 3.05. The van der Waals surface area contributed by atoms with Gasteiger partial charge in [0.2, 0.25) is 0 Å². The number of hydrogen-bond donors (Lipinski definition) is 1. The van der Waals surface area contributed by atoms with E-state index in [4.69, 9.17) is 14.2 Å². The number of fused-ring (bicyclic) bond motifs is 1. The molecule has 1 heterocycles. The van der Waals surface area contributed by atoms with E-state index in [1.807, 2.05) is 0 Å². The second-order valence-corrected chi connectivity index (χ2v) is 6.04. The van der Waals surface area contributed by atoms with Crippen LogP contribution in [0.2, 0.25) is 0 Å². The fraction of sp³-hybridized carbons (Fsp3) is 0.222. The van der Waals surface area contributed by atoms with Crippen LogP contribution < -0.4 is 14.8 Å². The number of hydrogen-bond acceptors (Lipinski definition) is 8. The van der Waals surface area contributed by atoms with Crippen molar-refractivity contribution in [2.45, 2.75) is 6.42 Å². The Labute approximate surface area is 159 Å². The highest BCUT2D eigenvalue weighted by Crippen LogP contribution is 2.27. The molecule has 0 atom stereocenters. The molecule has 8 nitrogen and oxygen atoms in total. The summed E-state index contributed by atoms with van der Waals surface area (Å²) in [6, 6.07) is 10.4. The van der Waals surface area contributed by atoms with E-state index in [2.05, 4.69) is 14.1 Å². The van der Waals surface area contributed by atoms with Gasteiger partial charge in [-0.25, -0.2) is 0 Å². The molecule has 3 aromatic rings. The number of amides is 1. The highest BCUT2D eigenvalue weighted by molar-refractivity contribution is 7.00. The van der Waals surface area contributed by atoms with Crippen molar-refractivity contribution >= 4 is 40.3 Å². The van der Waals surface area contributed by atoms with E-state index in [1.54, 1.807) is 36.4 Å². The van der Waals surface area contributed by atoms with Gasteiger partial charge in [0.15, 0.2) is 18.1 Å². The first-order valence-electron chi connectivity index (χ1n) is 7.98. The minimum atomic E-state index is -0.522. The number of rotatable bonds is 7. The summed E-state index contributed by atoms with van der Waals surface area (Å²) >= 11 is 1.06. The van der Waals surface area contributed by atoms with E-state index in [0.29, 0.717) is 33.8 Å². The van der Waals surface area contributed by atoms with E-state index >= 15 is 0 Å². The average Bonchev–Trinajstić information content (AvgIpc) is 3.16. The van der Waals surface area contributed by atoms with Crippen LogP contribution in [0.25, 0.3) is 11.0 Å². The van der Waals surface area contributed by atoms with Gasteiger partial charge in [0.05, 0.1) is 38.1 Å². The molecule has 0 bridgehead atoms. The van der Waals surface area contributed by atoms with Crippen LogP contribution in [0.3, 0.4) is 0 Å². The van der Waals surface area contributed by atoms with Crippen molar-refractivity contribution in [3.63, 3.8) is 0 Å². The lowest BCUT2D eigenvalue weighted by Gasteiger charge is -2.10. The largest absolute Gasteiger partial charge is 0.493 e. The van der Waals surface area contributed by atoms with E-state index < -0.39 is 11.9 Å². The van der Waals surface area contributed by atoms with Gasteiger partial charge in [-0.1, -0.05) is 12.1 Å². The van der Waals surface area contributed by atoms with Crippen molar-refractivity contribution in [2.24, 2.45) is 0 Å². The first-order chi connectivity index (χ1) is 13.1. The van der Waals surface area contributed by atoms with E-state index in [0.717, 1.165) is 11.7 Å². The highest BCUT2D eigenvalue weighted by Gasteiger charge is 2.13. The minimum absolute atomic E-state index is 0.0131. The fourth-order valence-electron chi connectivity index (χ4n) is 2.45. The number of carbonyl (C=O) groups excluding carboxylic acids is 2. The molecule has 1 aromatic heterocycles. The van der Waals surface area contributed by atoms with Gasteiger partial charge in [0, 0.05) is 0 Å². The lowest BCUT2D eigenvalue weighted by Crippen LogP contribution is -2.21. The Hall–Kier alpha value is -3.20. The number of aromatic nitrogens is 2. The fourth-order valence-corrected chi connectivity index (χ4v) is 3.00. The molecule has 0 aliphatic heterocycles. The predicted octanol–water partition coefficient (Wildman–Crippen LogP) is 2.43. The lowest BCUT2D eigenvalue weighted by molar-refractivity contribution is -0.146. The predicted molar refractivity (Wildman–Crippen MR) is 100 cm³/mol. The molecule has 3 rings (SSSR count). The van der Waals surface area contributed by atoms with Crippen molar-refractivity contribution in [1.82, 2.24) is 8.75 Å². The summed E-state index contributed by atoms with van der Waals surface area (Å²) in [5.74, 6) is 0.118. The molecule has 0 fully saturated rings. The van der Waals surface area contributed by atoms with Crippen molar-refractivity contribution in [3.05, 3.63) is 42.0 Å². The zero-order valence-corrected chi connectivity index (χ0v) is 15.5. The van der Waals surface area contributed by atoms with Crippen LogP contribution in [0.4, 0.5) is 5.69 Å². The number of carbonyl (C=O) groups is 2. The maximum absolute atomic E-state index is 12.0. The molecular weight excluding hydrogens is 370 g/mol. The average molecular weight is 387 g/mol. The van der Waals surface area contributed by atoms with Crippen LogP contribution in [-0.4, -0.2) is 41.5 Å². The van der Waals surface area contributed by atoms with Crippen molar-refractivity contribution in [3.8, 4) is 11.5 Å². The van der Waals surface area contributed by atoms with Crippen molar-refractivity contribution in [1.29, 1.82) is 0 Å². The Morgan fingerprint density at radius 3 is 2.67 bits per heavy atom. The number of methoxy groups -OCH3 is 2. The maximum Gasteiger partial charge on any atom is 0.310 e. The highest BCUT2D eigenvalue weighted by atomic mass is 32.1. The molecule has 0 aliphatic carbocycles. The van der Waals surface area contributed by atoms with Crippen LogP contribution in [0.15, 0.2) is 36.4 Å². The topological polar surface area (TPSA) is 99.6 Å². The third kappa shape index (κ3) is 4.50. The number of anilines is 1. The summed E-state index contributed by atoms with van der Waals surface area (Å²) in [5, 5.41) is 2.68. The molecule has 2 aromatic carbocycles. The summed E-state index contributed by atoms with van der Waals surface area (Å²) in [4.78, 5) is 24.0. The zero-order chi connectivity index (χ0) is 19.2. The molecule has 0 radical (unpaired) electrons. The Morgan fingerprint density at radius 1 is 1.07 bits per heavy atom. The molecule has 1 amide bonds. The van der Waals surface area contributed by atoms with Crippen LogP contribution in [0, 0.1) is 0 Å². The standard InChI is InChI=1S/C18H17N3O5S/c1-24-14-7-6-11(8-15(14)25-2)9-17(23)26-10-16(22)19-12-4-3-5-13-18(12)21-27-20-13/h3-8H,9-10H2,1-2H3,(H,19,22). The normalized spacial score (nSPS) is 10.4. The van der Waals surface area contributed by atoms with Gasteiger partial charge < -0.3 is 19.5 Å².